The number of piperidine rings is 1. The van der Waals surface area contributed by atoms with Gasteiger partial charge >= 0.3 is 5.97 Å². The van der Waals surface area contributed by atoms with E-state index in [0.717, 1.165) is 25.4 Å². The molecule has 1 N–H and O–H groups in total. The summed E-state index contributed by atoms with van der Waals surface area (Å²) in [6, 6.07) is 0. The summed E-state index contributed by atoms with van der Waals surface area (Å²) < 4.78 is 0. The van der Waals surface area contributed by atoms with E-state index in [9.17, 15) is 14.7 Å². The SMILES string of the molecule is CC(C)(C)C(C(=O)O)C(=O)N1CCC2CCCCC2C1. The van der Waals surface area contributed by atoms with Crippen molar-refractivity contribution >= 4 is 11.9 Å². The first-order chi connectivity index (χ1) is 9.30. The lowest BCUT2D eigenvalue weighted by Gasteiger charge is -2.43. The maximum Gasteiger partial charge on any atom is 0.316 e. The van der Waals surface area contributed by atoms with Crippen molar-refractivity contribution in [3.63, 3.8) is 0 Å². The average molecular weight is 281 g/mol. The van der Waals surface area contributed by atoms with Gasteiger partial charge in [-0.25, -0.2) is 0 Å². The Kier molecular flexibility index (Phi) is 4.40. The van der Waals surface area contributed by atoms with Crippen molar-refractivity contribution in [3.8, 4) is 0 Å². The van der Waals surface area contributed by atoms with Gasteiger partial charge in [0.1, 0.15) is 5.92 Å². The predicted molar refractivity (Wildman–Crippen MR) is 77.2 cm³/mol. The van der Waals surface area contributed by atoms with Gasteiger partial charge in [0.05, 0.1) is 0 Å². The minimum atomic E-state index is -0.992. The quantitative estimate of drug-likeness (QED) is 0.792. The molecule has 1 saturated carbocycles. The summed E-state index contributed by atoms with van der Waals surface area (Å²) in [5.74, 6) is -0.758. The van der Waals surface area contributed by atoms with Crippen LogP contribution in [0.25, 0.3) is 0 Å². The highest BCUT2D eigenvalue weighted by Crippen LogP contribution is 2.37. The normalized spacial score (nSPS) is 28.6. The molecule has 0 radical (unpaired) electrons. The maximum atomic E-state index is 12.6. The topological polar surface area (TPSA) is 57.6 Å². The molecule has 0 bridgehead atoms. The number of carboxylic acids is 1. The van der Waals surface area contributed by atoms with Gasteiger partial charge in [-0.1, -0.05) is 40.0 Å². The molecular weight excluding hydrogens is 254 g/mol. The molecule has 4 heteroatoms. The highest BCUT2D eigenvalue weighted by Gasteiger charge is 2.42. The van der Waals surface area contributed by atoms with Crippen LogP contribution in [-0.4, -0.2) is 35.0 Å². The van der Waals surface area contributed by atoms with Crippen LogP contribution in [0.15, 0.2) is 0 Å². The fourth-order valence-corrected chi connectivity index (χ4v) is 3.83. The first-order valence-electron chi connectivity index (χ1n) is 7.82. The van der Waals surface area contributed by atoms with Gasteiger partial charge < -0.3 is 10.0 Å². The van der Waals surface area contributed by atoms with Crippen LogP contribution in [-0.2, 0) is 9.59 Å². The van der Waals surface area contributed by atoms with E-state index in [1.165, 1.54) is 25.7 Å². The van der Waals surface area contributed by atoms with Crippen LogP contribution in [0.1, 0.15) is 52.9 Å². The number of carbonyl (C=O) groups is 2. The molecule has 0 aromatic heterocycles. The fraction of sp³-hybridized carbons (Fsp3) is 0.875. The molecule has 0 spiro atoms. The molecule has 2 rings (SSSR count). The van der Waals surface area contributed by atoms with Crippen LogP contribution in [0.2, 0.25) is 0 Å². The molecule has 0 aromatic carbocycles. The zero-order valence-electron chi connectivity index (χ0n) is 12.9. The van der Waals surface area contributed by atoms with E-state index in [1.807, 2.05) is 25.7 Å². The van der Waals surface area contributed by atoms with Gasteiger partial charge in [-0.15, -0.1) is 0 Å². The van der Waals surface area contributed by atoms with Crippen molar-refractivity contribution in [2.24, 2.45) is 23.2 Å². The third kappa shape index (κ3) is 3.15. The standard InChI is InChI=1S/C16H27NO3/c1-16(2,3)13(15(19)20)14(18)17-9-8-11-6-4-5-7-12(11)10-17/h11-13H,4-10H2,1-3H3,(H,19,20). The van der Waals surface area contributed by atoms with Gasteiger partial charge in [0.2, 0.25) is 5.91 Å². The van der Waals surface area contributed by atoms with Crippen LogP contribution >= 0.6 is 0 Å². The van der Waals surface area contributed by atoms with Crippen molar-refractivity contribution in [2.45, 2.75) is 52.9 Å². The lowest BCUT2D eigenvalue weighted by molar-refractivity contribution is -0.157. The Bertz CT molecular complexity index is 386. The summed E-state index contributed by atoms with van der Waals surface area (Å²) in [5.41, 5.74) is -0.535. The van der Waals surface area contributed by atoms with Crippen molar-refractivity contribution in [1.82, 2.24) is 4.90 Å². The zero-order valence-corrected chi connectivity index (χ0v) is 12.9. The number of hydrogen-bond donors (Lipinski definition) is 1. The summed E-state index contributed by atoms with van der Waals surface area (Å²) >= 11 is 0. The number of aliphatic carboxylic acids is 1. The Hall–Kier alpha value is -1.06. The summed E-state index contributed by atoms with van der Waals surface area (Å²) in [6.07, 6.45) is 6.10. The lowest BCUT2D eigenvalue weighted by Crippen LogP contribution is -2.50. The molecule has 2 fully saturated rings. The van der Waals surface area contributed by atoms with Crippen LogP contribution in [0.4, 0.5) is 0 Å². The molecule has 3 atom stereocenters. The molecule has 114 valence electrons. The summed E-state index contributed by atoms with van der Waals surface area (Å²) in [4.78, 5) is 25.9. The summed E-state index contributed by atoms with van der Waals surface area (Å²) in [6.45, 7) is 6.99. The number of amides is 1. The first kappa shape index (κ1) is 15.3. The van der Waals surface area contributed by atoms with E-state index in [4.69, 9.17) is 0 Å². The average Bonchev–Trinajstić information content (AvgIpc) is 2.36. The third-order valence-electron chi connectivity index (χ3n) is 4.96. The van der Waals surface area contributed by atoms with Gasteiger partial charge in [0.25, 0.3) is 0 Å². The molecule has 1 aliphatic heterocycles. The Morgan fingerprint density at radius 1 is 1.10 bits per heavy atom. The molecule has 0 aromatic rings. The summed E-state index contributed by atoms with van der Waals surface area (Å²) in [5, 5.41) is 9.39. The molecule has 2 aliphatic rings. The van der Waals surface area contributed by atoms with Crippen molar-refractivity contribution in [2.75, 3.05) is 13.1 Å². The number of nitrogens with zero attached hydrogens (tertiary/aromatic N) is 1. The molecule has 3 unspecified atom stereocenters. The van der Waals surface area contributed by atoms with E-state index in [-0.39, 0.29) is 5.91 Å². The predicted octanol–water partition coefficient (Wildman–Crippen LogP) is 2.77. The summed E-state index contributed by atoms with van der Waals surface area (Å²) in [7, 11) is 0. The van der Waals surface area contributed by atoms with Crippen LogP contribution in [0, 0.1) is 23.2 Å². The van der Waals surface area contributed by atoms with Gasteiger partial charge in [-0.3, -0.25) is 9.59 Å². The second-order valence-electron chi connectivity index (χ2n) is 7.51. The van der Waals surface area contributed by atoms with Crippen molar-refractivity contribution in [3.05, 3.63) is 0 Å². The van der Waals surface area contributed by atoms with Gasteiger partial charge in [0.15, 0.2) is 0 Å². The van der Waals surface area contributed by atoms with Gasteiger partial charge in [0, 0.05) is 13.1 Å². The maximum absolute atomic E-state index is 12.6. The van der Waals surface area contributed by atoms with Gasteiger partial charge in [-0.2, -0.15) is 0 Å². The minimum absolute atomic E-state index is 0.186. The molecule has 1 aliphatic carbocycles. The minimum Gasteiger partial charge on any atom is -0.481 e. The molecule has 4 nitrogen and oxygen atoms in total. The fourth-order valence-electron chi connectivity index (χ4n) is 3.83. The number of likely N-dealkylation sites (tertiary alicyclic amines) is 1. The highest BCUT2D eigenvalue weighted by atomic mass is 16.4. The van der Waals surface area contributed by atoms with Crippen LogP contribution in [0.3, 0.4) is 0 Å². The molecule has 1 amide bonds. The number of carboxylic acid groups (broad SMARTS) is 1. The second-order valence-corrected chi connectivity index (χ2v) is 7.51. The van der Waals surface area contributed by atoms with E-state index in [0.29, 0.717) is 5.92 Å². The first-order valence-corrected chi connectivity index (χ1v) is 7.82. The third-order valence-corrected chi connectivity index (χ3v) is 4.96. The molecule has 20 heavy (non-hydrogen) atoms. The van der Waals surface area contributed by atoms with Crippen LogP contribution in [0.5, 0.6) is 0 Å². The van der Waals surface area contributed by atoms with Crippen molar-refractivity contribution in [1.29, 1.82) is 0 Å². The van der Waals surface area contributed by atoms with Crippen LogP contribution < -0.4 is 0 Å². The number of rotatable bonds is 2. The Labute approximate surface area is 121 Å². The highest BCUT2D eigenvalue weighted by molar-refractivity contribution is 5.97. The lowest BCUT2D eigenvalue weighted by atomic mass is 9.74. The number of carbonyl (C=O) groups excluding carboxylic acids is 1. The second kappa shape index (κ2) is 5.74. The smallest absolute Gasteiger partial charge is 0.316 e. The number of hydrogen-bond acceptors (Lipinski definition) is 2. The zero-order chi connectivity index (χ0) is 14.9. The Morgan fingerprint density at radius 3 is 2.25 bits per heavy atom. The Balaban J connectivity index is 2.07. The van der Waals surface area contributed by atoms with E-state index >= 15 is 0 Å². The molecule has 1 heterocycles. The number of fused-ring (bicyclic) bond motifs is 1. The van der Waals surface area contributed by atoms with Gasteiger partial charge in [-0.05, 0) is 30.1 Å². The largest absolute Gasteiger partial charge is 0.481 e. The van der Waals surface area contributed by atoms with E-state index in [1.54, 1.807) is 0 Å². The Morgan fingerprint density at radius 2 is 1.70 bits per heavy atom. The molecular formula is C16H27NO3. The molecule has 1 saturated heterocycles. The van der Waals surface area contributed by atoms with Crippen molar-refractivity contribution < 1.29 is 14.7 Å². The van der Waals surface area contributed by atoms with E-state index in [2.05, 4.69) is 0 Å². The monoisotopic (exact) mass is 281 g/mol. The van der Waals surface area contributed by atoms with E-state index < -0.39 is 17.3 Å².